The van der Waals surface area contributed by atoms with Crippen LogP contribution in [0, 0.1) is 0 Å². The van der Waals surface area contributed by atoms with Crippen LogP contribution in [0.4, 0.5) is 0 Å². The molecule has 0 atom stereocenters. The molecular weight excluding hydrogens is 278 g/mol. The number of aromatic nitrogens is 1. The summed E-state index contributed by atoms with van der Waals surface area (Å²) in [7, 11) is 0. The normalized spacial score (nSPS) is 21.6. The number of nitrogens with one attached hydrogen (secondary N) is 1. The van der Waals surface area contributed by atoms with Crippen molar-refractivity contribution in [3.63, 3.8) is 0 Å². The number of carbonyl (C=O) groups excluding carboxylic acids is 1. The van der Waals surface area contributed by atoms with Gasteiger partial charge in [-0.3, -0.25) is 14.7 Å². The highest BCUT2D eigenvalue weighted by Crippen LogP contribution is 2.31. The van der Waals surface area contributed by atoms with Crippen molar-refractivity contribution in [3.05, 3.63) is 30.1 Å². The maximum atomic E-state index is 12.4. The molecule has 0 aromatic carbocycles. The molecule has 3 rings (SSSR count). The van der Waals surface area contributed by atoms with Gasteiger partial charge in [0, 0.05) is 32.0 Å². The van der Waals surface area contributed by atoms with Crippen LogP contribution in [0.2, 0.25) is 0 Å². The minimum absolute atomic E-state index is 0.0402. The molecule has 5 nitrogen and oxygen atoms in total. The Morgan fingerprint density at radius 2 is 1.91 bits per heavy atom. The lowest BCUT2D eigenvalue weighted by Crippen LogP contribution is -2.56. The number of ether oxygens (including phenoxy) is 1. The van der Waals surface area contributed by atoms with Crippen LogP contribution in [-0.2, 0) is 16.0 Å². The molecule has 1 saturated carbocycles. The van der Waals surface area contributed by atoms with E-state index >= 15 is 0 Å². The van der Waals surface area contributed by atoms with E-state index in [9.17, 15) is 4.79 Å². The third-order valence-electron chi connectivity index (χ3n) is 4.71. The molecule has 120 valence electrons. The van der Waals surface area contributed by atoms with Gasteiger partial charge in [-0.25, -0.2) is 0 Å². The first-order valence-electron chi connectivity index (χ1n) is 8.26. The topological polar surface area (TPSA) is 54.5 Å². The molecular formula is C17H25N3O2. The van der Waals surface area contributed by atoms with E-state index < -0.39 is 0 Å². The van der Waals surface area contributed by atoms with E-state index in [1.807, 2.05) is 12.1 Å². The predicted molar refractivity (Wildman–Crippen MR) is 84.5 cm³/mol. The summed E-state index contributed by atoms with van der Waals surface area (Å²) in [6, 6.07) is 3.81. The molecule has 1 N–H and O–H groups in total. The molecule has 5 heteroatoms. The molecule has 2 aliphatic rings. The highest BCUT2D eigenvalue weighted by atomic mass is 16.5. The number of rotatable bonds is 5. The quantitative estimate of drug-likeness (QED) is 0.893. The standard InChI is InChI=1S/C17H25N3O2/c21-16(13-15-3-7-18-8-4-15)19-17(5-1-2-6-17)14-20-9-11-22-12-10-20/h3-4,7-8H,1-2,5-6,9-14H2,(H,19,21). The van der Waals surface area contributed by atoms with E-state index in [0.717, 1.165) is 51.3 Å². The Hall–Kier alpha value is -1.46. The molecule has 22 heavy (non-hydrogen) atoms. The van der Waals surface area contributed by atoms with Crippen molar-refractivity contribution in [2.45, 2.75) is 37.6 Å². The van der Waals surface area contributed by atoms with E-state index in [1.165, 1.54) is 12.8 Å². The van der Waals surface area contributed by atoms with Crippen LogP contribution in [0.3, 0.4) is 0 Å². The first-order valence-corrected chi connectivity index (χ1v) is 8.26. The lowest BCUT2D eigenvalue weighted by molar-refractivity contribution is -0.122. The Morgan fingerprint density at radius 1 is 1.23 bits per heavy atom. The number of carbonyl (C=O) groups is 1. The largest absolute Gasteiger partial charge is 0.379 e. The van der Waals surface area contributed by atoms with Crippen LogP contribution in [0.25, 0.3) is 0 Å². The summed E-state index contributed by atoms with van der Waals surface area (Å²) < 4.78 is 5.42. The van der Waals surface area contributed by atoms with Gasteiger partial charge in [0.15, 0.2) is 0 Å². The van der Waals surface area contributed by atoms with Gasteiger partial charge in [0.2, 0.25) is 5.91 Å². The van der Waals surface area contributed by atoms with Crippen molar-refractivity contribution in [1.82, 2.24) is 15.2 Å². The van der Waals surface area contributed by atoms with Crippen LogP contribution >= 0.6 is 0 Å². The van der Waals surface area contributed by atoms with E-state index in [4.69, 9.17) is 4.74 Å². The van der Waals surface area contributed by atoms with Crippen molar-refractivity contribution >= 4 is 5.91 Å². The van der Waals surface area contributed by atoms with Gasteiger partial charge in [0.05, 0.1) is 25.2 Å². The van der Waals surface area contributed by atoms with E-state index in [2.05, 4.69) is 15.2 Å². The van der Waals surface area contributed by atoms with Gasteiger partial charge in [-0.15, -0.1) is 0 Å². The van der Waals surface area contributed by atoms with Crippen LogP contribution in [0.15, 0.2) is 24.5 Å². The molecule has 1 amide bonds. The van der Waals surface area contributed by atoms with Crippen molar-refractivity contribution in [1.29, 1.82) is 0 Å². The molecule has 0 spiro atoms. The second-order valence-electron chi connectivity index (χ2n) is 6.46. The van der Waals surface area contributed by atoms with Crippen molar-refractivity contribution in [2.24, 2.45) is 0 Å². The number of hydrogen-bond acceptors (Lipinski definition) is 4. The van der Waals surface area contributed by atoms with Crippen molar-refractivity contribution in [3.8, 4) is 0 Å². The summed E-state index contributed by atoms with van der Waals surface area (Å²) in [6.45, 7) is 4.52. The van der Waals surface area contributed by atoms with Crippen molar-refractivity contribution in [2.75, 3.05) is 32.8 Å². The fourth-order valence-corrected chi connectivity index (χ4v) is 3.59. The van der Waals surface area contributed by atoms with Crippen LogP contribution in [-0.4, -0.2) is 54.2 Å². The average Bonchev–Trinajstić information content (AvgIpc) is 2.97. The minimum Gasteiger partial charge on any atom is -0.379 e. The second-order valence-corrected chi connectivity index (χ2v) is 6.46. The monoisotopic (exact) mass is 303 g/mol. The van der Waals surface area contributed by atoms with E-state index in [-0.39, 0.29) is 11.4 Å². The summed E-state index contributed by atoms with van der Waals surface area (Å²) in [4.78, 5) is 18.9. The minimum atomic E-state index is -0.0402. The maximum Gasteiger partial charge on any atom is 0.224 e. The number of amides is 1. The van der Waals surface area contributed by atoms with Crippen LogP contribution in [0.5, 0.6) is 0 Å². The number of nitrogens with zero attached hydrogens (tertiary/aromatic N) is 2. The highest BCUT2D eigenvalue weighted by Gasteiger charge is 2.37. The third kappa shape index (κ3) is 4.05. The smallest absolute Gasteiger partial charge is 0.224 e. The molecule has 0 unspecified atom stereocenters. The molecule has 0 radical (unpaired) electrons. The molecule has 1 aliphatic heterocycles. The molecule has 1 aromatic heterocycles. The third-order valence-corrected chi connectivity index (χ3v) is 4.71. The Kier molecular flexibility index (Phi) is 5.05. The lowest BCUT2D eigenvalue weighted by atomic mass is 9.95. The summed E-state index contributed by atoms with van der Waals surface area (Å²) >= 11 is 0. The molecule has 2 fully saturated rings. The molecule has 1 saturated heterocycles. The van der Waals surface area contributed by atoms with Gasteiger partial charge in [0.25, 0.3) is 0 Å². The molecule has 1 aromatic rings. The zero-order chi connectivity index (χ0) is 15.3. The van der Waals surface area contributed by atoms with Crippen molar-refractivity contribution < 1.29 is 9.53 Å². The van der Waals surface area contributed by atoms with Crippen LogP contribution in [0.1, 0.15) is 31.2 Å². The zero-order valence-corrected chi connectivity index (χ0v) is 13.1. The maximum absolute atomic E-state index is 12.4. The van der Waals surface area contributed by atoms with E-state index in [0.29, 0.717) is 6.42 Å². The van der Waals surface area contributed by atoms with Crippen LogP contribution < -0.4 is 5.32 Å². The van der Waals surface area contributed by atoms with Gasteiger partial charge in [-0.1, -0.05) is 12.8 Å². The summed E-state index contributed by atoms with van der Waals surface area (Å²) in [6.07, 6.45) is 8.51. The SMILES string of the molecule is O=C(Cc1ccncc1)NC1(CN2CCOCC2)CCCC1. The van der Waals surface area contributed by atoms with Gasteiger partial charge >= 0.3 is 0 Å². The number of hydrogen-bond donors (Lipinski definition) is 1. The Bertz CT molecular complexity index is 480. The molecule has 1 aliphatic carbocycles. The van der Waals surface area contributed by atoms with Gasteiger partial charge in [0.1, 0.15) is 0 Å². The lowest BCUT2D eigenvalue weighted by Gasteiger charge is -2.37. The molecule has 2 heterocycles. The van der Waals surface area contributed by atoms with Gasteiger partial charge in [-0.05, 0) is 30.5 Å². The Labute approximate surface area is 132 Å². The highest BCUT2D eigenvalue weighted by molar-refractivity contribution is 5.79. The Balaban J connectivity index is 1.59. The summed E-state index contributed by atoms with van der Waals surface area (Å²) in [5.74, 6) is 0.126. The second kappa shape index (κ2) is 7.20. The fourth-order valence-electron chi connectivity index (χ4n) is 3.59. The summed E-state index contributed by atoms with van der Waals surface area (Å²) in [5, 5.41) is 3.35. The molecule has 0 bridgehead atoms. The predicted octanol–water partition coefficient (Wildman–Crippen LogP) is 1.39. The fraction of sp³-hybridized carbons (Fsp3) is 0.647. The number of pyridine rings is 1. The average molecular weight is 303 g/mol. The Morgan fingerprint density at radius 3 is 2.59 bits per heavy atom. The zero-order valence-electron chi connectivity index (χ0n) is 13.1. The van der Waals surface area contributed by atoms with Gasteiger partial charge < -0.3 is 10.1 Å². The first-order chi connectivity index (χ1) is 10.8. The van der Waals surface area contributed by atoms with E-state index in [1.54, 1.807) is 12.4 Å². The number of morpholine rings is 1. The summed E-state index contributed by atoms with van der Waals surface area (Å²) in [5.41, 5.74) is 0.980. The first kappa shape index (κ1) is 15.4. The van der Waals surface area contributed by atoms with Gasteiger partial charge in [-0.2, -0.15) is 0 Å².